The molecule has 70 valence electrons. The second-order valence-electron chi connectivity index (χ2n) is 2.58. The number of thioether (sulfide) groups is 1. The number of nitro groups is 1. The molecule has 0 aromatic heterocycles. The average Bonchev–Trinajstić information content (AvgIpc) is 2.16. The second-order valence-corrected chi connectivity index (χ2v) is 3.43. The molecule has 3 nitrogen and oxygen atoms in total. The van der Waals surface area contributed by atoms with Crippen LogP contribution in [-0.4, -0.2) is 11.2 Å². The lowest BCUT2D eigenvalue weighted by Gasteiger charge is -2.03. The maximum absolute atomic E-state index is 10.8. The van der Waals surface area contributed by atoms with Crippen molar-refractivity contribution in [2.24, 2.45) is 0 Å². The van der Waals surface area contributed by atoms with Crippen LogP contribution in [0.15, 0.2) is 23.1 Å². The number of rotatable bonds is 3. The normalized spacial score (nSPS) is 10.0. The summed E-state index contributed by atoms with van der Waals surface area (Å²) in [5.74, 6) is 0. The molecule has 1 aromatic rings. The van der Waals surface area contributed by atoms with Crippen molar-refractivity contribution in [3.63, 3.8) is 0 Å². The molecular formula is C9H11NO2S. The molecule has 0 saturated carbocycles. The van der Waals surface area contributed by atoms with Crippen molar-refractivity contribution in [3.8, 4) is 0 Å². The monoisotopic (exact) mass is 197 g/mol. The highest BCUT2D eigenvalue weighted by atomic mass is 32.2. The van der Waals surface area contributed by atoms with Crippen LogP contribution >= 0.6 is 11.8 Å². The Labute approximate surface area is 81.3 Å². The second kappa shape index (κ2) is 4.28. The largest absolute Gasteiger partial charge is 0.285 e. The van der Waals surface area contributed by atoms with Gasteiger partial charge in [-0.25, -0.2) is 0 Å². The molecule has 0 atom stereocenters. The van der Waals surface area contributed by atoms with Gasteiger partial charge in [0.2, 0.25) is 0 Å². The van der Waals surface area contributed by atoms with Crippen molar-refractivity contribution in [2.45, 2.75) is 18.2 Å². The fraction of sp³-hybridized carbons (Fsp3) is 0.333. The van der Waals surface area contributed by atoms with E-state index in [1.54, 1.807) is 12.1 Å². The van der Waals surface area contributed by atoms with Crippen LogP contribution in [0.2, 0.25) is 0 Å². The first-order valence-electron chi connectivity index (χ1n) is 4.01. The van der Waals surface area contributed by atoms with Crippen LogP contribution < -0.4 is 0 Å². The summed E-state index contributed by atoms with van der Waals surface area (Å²) < 4.78 is 0. The van der Waals surface area contributed by atoms with Gasteiger partial charge in [0.1, 0.15) is 0 Å². The molecule has 0 unspecified atom stereocenters. The van der Waals surface area contributed by atoms with Crippen LogP contribution in [-0.2, 0) is 6.42 Å². The third-order valence-corrected chi connectivity index (χ3v) is 2.64. The Hall–Kier alpha value is -1.03. The zero-order valence-electron chi connectivity index (χ0n) is 7.61. The highest BCUT2D eigenvalue weighted by molar-refractivity contribution is 7.98. The average molecular weight is 197 g/mol. The maximum atomic E-state index is 10.8. The Morgan fingerprint density at radius 1 is 1.54 bits per heavy atom. The lowest BCUT2D eigenvalue weighted by Crippen LogP contribution is -1.95. The number of benzene rings is 1. The first-order valence-corrected chi connectivity index (χ1v) is 5.23. The van der Waals surface area contributed by atoms with Crippen molar-refractivity contribution >= 4 is 17.4 Å². The van der Waals surface area contributed by atoms with Crippen LogP contribution in [0.25, 0.3) is 0 Å². The molecule has 0 fully saturated rings. The first-order chi connectivity index (χ1) is 6.20. The van der Waals surface area contributed by atoms with E-state index in [1.807, 2.05) is 19.2 Å². The molecule has 0 aliphatic rings. The van der Waals surface area contributed by atoms with Gasteiger partial charge < -0.3 is 0 Å². The van der Waals surface area contributed by atoms with Crippen molar-refractivity contribution in [1.82, 2.24) is 0 Å². The quantitative estimate of drug-likeness (QED) is 0.425. The van der Waals surface area contributed by atoms with Gasteiger partial charge in [-0.1, -0.05) is 19.1 Å². The molecule has 1 rings (SSSR count). The van der Waals surface area contributed by atoms with E-state index >= 15 is 0 Å². The highest BCUT2D eigenvalue weighted by Gasteiger charge is 2.16. The van der Waals surface area contributed by atoms with Gasteiger partial charge in [-0.15, -0.1) is 11.8 Å². The number of hydrogen-bond acceptors (Lipinski definition) is 3. The number of nitro benzene ring substituents is 1. The van der Waals surface area contributed by atoms with Crippen LogP contribution in [0.1, 0.15) is 12.5 Å². The summed E-state index contributed by atoms with van der Waals surface area (Å²) in [6.45, 7) is 1.92. The molecule has 0 bridgehead atoms. The minimum Gasteiger partial charge on any atom is -0.258 e. The number of aryl methyl sites for hydroxylation is 1. The van der Waals surface area contributed by atoms with E-state index in [9.17, 15) is 10.1 Å². The molecule has 0 spiro atoms. The zero-order chi connectivity index (χ0) is 9.84. The fourth-order valence-electron chi connectivity index (χ4n) is 1.23. The van der Waals surface area contributed by atoms with Crippen LogP contribution in [0.4, 0.5) is 5.69 Å². The summed E-state index contributed by atoms with van der Waals surface area (Å²) in [5, 5.41) is 10.8. The molecule has 0 N–H and O–H groups in total. The van der Waals surface area contributed by atoms with E-state index in [-0.39, 0.29) is 10.6 Å². The van der Waals surface area contributed by atoms with Gasteiger partial charge in [0.25, 0.3) is 5.69 Å². The van der Waals surface area contributed by atoms with Crippen molar-refractivity contribution < 1.29 is 4.92 Å². The Bertz CT molecular complexity index is 303. The smallest absolute Gasteiger partial charge is 0.258 e. The van der Waals surface area contributed by atoms with E-state index in [4.69, 9.17) is 0 Å². The summed E-state index contributed by atoms with van der Waals surface area (Å²) in [7, 11) is 0. The van der Waals surface area contributed by atoms with Gasteiger partial charge in [0, 0.05) is 5.56 Å². The van der Waals surface area contributed by atoms with Gasteiger partial charge in [-0.05, 0) is 18.7 Å². The molecule has 13 heavy (non-hydrogen) atoms. The van der Waals surface area contributed by atoms with Gasteiger partial charge in [0.05, 0.1) is 9.82 Å². The fourth-order valence-corrected chi connectivity index (χ4v) is 1.84. The Kier molecular flexibility index (Phi) is 3.31. The molecule has 0 amide bonds. The number of nitrogens with zero attached hydrogens (tertiary/aromatic N) is 1. The van der Waals surface area contributed by atoms with Gasteiger partial charge >= 0.3 is 0 Å². The summed E-state index contributed by atoms with van der Waals surface area (Å²) in [6.07, 6.45) is 2.55. The topological polar surface area (TPSA) is 43.1 Å². The highest BCUT2D eigenvalue weighted by Crippen LogP contribution is 2.30. The van der Waals surface area contributed by atoms with Gasteiger partial charge in [0.15, 0.2) is 0 Å². The van der Waals surface area contributed by atoms with E-state index < -0.39 is 0 Å². The number of hydrogen-bond donors (Lipinski definition) is 0. The van der Waals surface area contributed by atoms with Crippen LogP contribution in [0.5, 0.6) is 0 Å². The molecule has 0 saturated heterocycles. The predicted octanol–water partition coefficient (Wildman–Crippen LogP) is 2.88. The number of para-hydroxylation sites is 1. The summed E-state index contributed by atoms with van der Waals surface area (Å²) >= 11 is 1.41. The van der Waals surface area contributed by atoms with E-state index in [0.717, 1.165) is 10.5 Å². The summed E-state index contributed by atoms with van der Waals surface area (Å²) in [5.41, 5.74) is 1.06. The minimum absolute atomic E-state index is 0.262. The van der Waals surface area contributed by atoms with E-state index in [2.05, 4.69) is 0 Å². The zero-order valence-corrected chi connectivity index (χ0v) is 8.43. The van der Waals surface area contributed by atoms with Gasteiger partial charge in [-0.3, -0.25) is 10.1 Å². The Morgan fingerprint density at radius 3 is 2.69 bits per heavy atom. The van der Waals surface area contributed by atoms with E-state index in [0.29, 0.717) is 6.42 Å². The summed E-state index contributed by atoms with van der Waals surface area (Å²) in [4.78, 5) is 11.2. The molecule has 1 aromatic carbocycles. The summed E-state index contributed by atoms with van der Waals surface area (Å²) in [6, 6.07) is 5.44. The third-order valence-electron chi connectivity index (χ3n) is 1.87. The van der Waals surface area contributed by atoms with Crippen molar-refractivity contribution in [3.05, 3.63) is 33.9 Å². The third kappa shape index (κ3) is 2.01. The lowest BCUT2D eigenvalue weighted by atomic mass is 10.1. The lowest BCUT2D eigenvalue weighted by molar-refractivity contribution is -0.388. The van der Waals surface area contributed by atoms with Crippen LogP contribution in [0, 0.1) is 10.1 Å². The molecule has 4 heteroatoms. The first kappa shape index (κ1) is 10.1. The predicted molar refractivity (Wildman–Crippen MR) is 54.3 cm³/mol. The van der Waals surface area contributed by atoms with Crippen LogP contribution in [0.3, 0.4) is 0 Å². The molecular weight excluding hydrogens is 186 g/mol. The SMILES string of the molecule is CCc1cccc(SC)c1[N+](=O)[O-]. The molecule has 0 heterocycles. The van der Waals surface area contributed by atoms with E-state index in [1.165, 1.54) is 11.8 Å². The van der Waals surface area contributed by atoms with Crippen molar-refractivity contribution in [2.75, 3.05) is 6.26 Å². The standard InChI is InChI=1S/C9H11NO2S/c1-3-7-5-4-6-8(13-2)9(7)10(11)12/h4-6H,3H2,1-2H3. The Balaban J connectivity index is 3.29. The maximum Gasteiger partial charge on any atom is 0.285 e. The Morgan fingerprint density at radius 2 is 2.23 bits per heavy atom. The molecule has 0 aliphatic heterocycles. The molecule has 0 radical (unpaired) electrons. The minimum atomic E-state index is -0.301. The van der Waals surface area contributed by atoms with Crippen molar-refractivity contribution in [1.29, 1.82) is 0 Å². The molecule has 0 aliphatic carbocycles. The van der Waals surface area contributed by atoms with Gasteiger partial charge in [-0.2, -0.15) is 0 Å².